The second-order valence-corrected chi connectivity index (χ2v) is 8.95. The van der Waals surface area contributed by atoms with Crippen LogP contribution >= 0.6 is 0 Å². The van der Waals surface area contributed by atoms with Crippen LogP contribution in [0.1, 0.15) is 32.7 Å². The number of ether oxygens (including phenoxy) is 1. The van der Waals surface area contributed by atoms with Crippen LogP contribution in [-0.2, 0) is 17.8 Å². The first-order valence-corrected chi connectivity index (χ1v) is 12.0. The molecule has 1 aromatic heterocycles. The smallest absolute Gasteiger partial charge is 0.274 e. The highest BCUT2D eigenvalue weighted by Crippen LogP contribution is 2.37. The van der Waals surface area contributed by atoms with E-state index in [-0.39, 0.29) is 24.6 Å². The van der Waals surface area contributed by atoms with Crippen molar-refractivity contribution in [3.05, 3.63) is 101 Å². The molecule has 4 rings (SSSR count). The predicted octanol–water partition coefficient (Wildman–Crippen LogP) is 4.92. The second kappa shape index (κ2) is 11.2. The Labute approximate surface area is 220 Å². The first kappa shape index (κ1) is 26.5. The Morgan fingerprint density at radius 2 is 1.66 bits per heavy atom. The lowest BCUT2D eigenvalue weighted by atomic mass is 9.90. The van der Waals surface area contributed by atoms with Crippen molar-refractivity contribution >= 4 is 17.5 Å². The number of nitrogens with zero attached hydrogens (tertiary/aromatic N) is 1. The van der Waals surface area contributed by atoms with Crippen LogP contribution in [0.5, 0.6) is 5.75 Å². The number of benzene rings is 3. The van der Waals surface area contributed by atoms with Crippen molar-refractivity contribution in [1.82, 2.24) is 4.98 Å². The van der Waals surface area contributed by atoms with Crippen molar-refractivity contribution in [2.24, 2.45) is 11.5 Å². The van der Waals surface area contributed by atoms with Crippen LogP contribution in [0.2, 0.25) is 0 Å². The second-order valence-electron chi connectivity index (χ2n) is 8.95. The van der Waals surface area contributed by atoms with Crippen molar-refractivity contribution in [2.45, 2.75) is 26.8 Å². The molecule has 0 radical (unpaired) electrons. The fraction of sp³-hybridized carbons (Fsp3) is 0.167. The Morgan fingerprint density at radius 1 is 0.974 bits per heavy atom. The lowest BCUT2D eigenvalue weighted by Crippen LogP contribution is -2.16. The van der Waals surface area contributed by atoms with Crippen molar-refractivity contribution < 1.29 is 18.7 Å². The Morgan fingerprint density at radius 3 is 2.29 bits per heavy atom. The molecule has 0 spiro atoms. The van der Waals surface area contributed by atoms with Crippen molar-refractivity contribution in [2.75, 3.05) is 12.4 Å². The van der Waals surface area contributed by atoms with Gasteiger partial charge in [0.25, 0.3) is 5.91 Å². The largest absolute Gasteiger partial charge is 0.496 e. The predicted molar refractivity (Wildman–Crippen MR) is 146 cm³/mol. The maximum absolute atomic E-state index is 14.8. The first-order chi connectivity index (χ1) is 18.2. The lowest BCUT2D eigenvalue weighted by Gasteiger charge is -2.17. The minimum absolute atomic E-state index is 0.0407. The first-order valence-electron chi connectivity index (χ1n) is 12.0. The molecule has 38 heavy (non-hydrogen) atoms. The molecular formula is C30H29FN4O3. The van der Waals surface area contributed by atoms with Gasteiger partial charge in [-0.3, -0.25) is 14.6 Å². The summed E-state index contributed by atoms with van der Waals surface area (Å²) in [7, 11) is 1.50. The Kier molecular flexibility index (Phi) is 7.83. The molecule has 4 aromatic rings. The molecule has 8 heteroatoms. The Bertz CT molecular complexity index is 1520. The number of carbonyl (C=O) groups excluding carboxylic acids is 2. The molecule has 0 bridgehead atoms. The fourth-order valence-electron chi connectivity index (χ4n) is 4.50. The third-order valence-corrected chi connectivity index (χ3v) is 6.53. The summed E-state index contributed by atoms with van der Waals surface area (Å²) in [5.74, 6) is -0.843. The van der Waals surface area contributed by atoms with Gasteiger partial charge in [-0.2, -0.15) is 0 Å². The van der Waals surface area contributed by atoms with Gasteiger partial charge in [-0.05, 0) is 77.1 Å². The SMILES string of the molecule is COc1cc(-c2cccc(-c3cccc(NC(=O)c4ccc(CC(N)=O)cn4)c3C)c2C)cc(F)c1CN. The normalized spacial score (nSPS) is 10.8. The molecule has 0 saturated carbocycles. The van der Waals surface area contributed by atoms with E-state index in [1.807, 2.05) is 50.2 Å². The molecule has 194 valence electrons. The average Bonchev–Trinajstić information content (AvgIpc) is 2.89. The number of rotatable bonds is 8. The summed E-state index contributed by atoms with van der Waals surface area (Å²) >= 11 is 0. The zero-order chi connectivity index (χ0) is 27.4. The highest BCUT2D eigenvalue weighted by molar-refractivity contribution is 6.04. The quantitative estimate of drug-likeness (QED) is 0.310. The molecule has 0 fully saturated rings. The van der Waals surface area contributed by atoms with Gasteiger partial charge < -0.3 is 21.5 Å². The van der Waals surface area contributed by atoms with Crippen LogP contribution in [0, 0.1) is 19.7 Å². The molecule has 5 N–H and O–H groups in total. The molecular weight excluding hydrogens is 483 g/mol. The molecule has 0 unspecified atom stereocenters. The molecule has 3 aromatic carbocycles. The summed E-state index contributed by atoms with van der Waals surface area (Å²) in [6.45, 7) is 3.95. The molecule has 0 saturated heterocycles. The Balaban J connectivity index is 1.67. The number of amides is 2. The van der Waals surface area contributed by atoms with E-state index in [0.29, 0.717) is 28.1 Å². The topological polar surface area (TPSA) is 120 Å². The van der Waals surface area contributed by atoms with Gasteiger partial charge in [0, 0.05) is 24.0 Å². The summed E-state index contributed by atoms with van der Waals surface area (Å²) in [5, 5.41) is 2.93. The number of hydrogen-bond donors (Lipinski definition) is 3. The summed E-state index contributed by atoms with van der Waals surface area (Å²) in [5.41, 5.74) is 18.0. The maximum Gasteiger partial charge on any atom is 0.274 e. The van der Waals surface area contributed by atoms with Gasteiger partial charge in [0.1, 0.15) is 17.3 Å². The summed E-state index contributed by atoms with van der Waals surface area (Å²) in [6, 6.07) is 18.0. The summed E-state index contributed by atoms with van der Waals surface area (Å²) in [4.78, 5) is 28.1. The van der Waals surface area contributed by atoms with E-state index < -0.39 is 11.7 Å². The number of carbonyl (C=O) groups is 2. The highest BCUT2D eigenvalue weighted by Gasteiger charge is 2.17. The van der Waals surface area contributed by atoms with Crippen LogP contribution in [0.25, 0.3) is 22.3 Å². The third kappa shape index (κ3) is 5.40. The van der Waals surface area contributed by atoms with Gasteiger partial charge in [-0.15, -0.1) is 0 Å². The molecule has 1 heterocycles. The maximum atomic E-state index is 14.8. The Hall–Kier alpha value is -4.56. The number of methoxy groups -OCH3 is 1. The number of halogens is 1. The van der Waals surface area contributed by atoms with E-state index in [1.54, 1.807) is 18.2 Å². The van der Waals surface area contributed by atoms with Crippen LogP contribution in [0.4, 0.5) is 10.1 Å². The van der Waals surface area contributed by atoms with Gasteiger partial charge in [0.15, 0.2) is 0 Å². The number of nitrogens with two attached hydrogens (primary N) is 2. The standard InChI is InChI=1S/C30H29FN4O3/c1-17-21(20-13-25(31)24(15-32)28(14-20)38-3)6-4-7-22(17)23-8-5-9-26(18(23)2)35-30(37)27-11-10-19(16-34-27)12-29(33)36/h4-11,13-14,16H,12,15,32H2,1-3H3,(H2,33,36)(H,35,37). The molecule has 0 aliphatic rings. The van der Waals surface area contributed by atoms with Gasteiger partial charge >= 0.3 is 0 Å². The summed E-state index contributed by atoms with van der Waals surface area (Å²) in [6.07, 6.45) is 1.53. The van der Waals surface area contributed by atoms with Crippen LogP contribution in [0.3, 0.4) is 0 Å². The third-order valence-electron chi connectivity index (χ3n) is 6.53. The van der Waals surface area contributed by atoms with Crippen LogP contribution < -0.4 is 21.5 Å². The van der Waals surface area contributed by atoms with E-state index >= 15 is 0 Å². The van der Waals surface area contributed by atoms with E-state index in [9.17, 15) is 14.0 Å². The van der Waals surface area contributed by atoms with Gasteiger partial charge in [-0.1, -0.05) is 36.4 Å². The van der Waals surface area contributed by atoms with E-state index in [2.05, 4.69) is 10.3 Å². The molecule has 7 nitrogen and oxygen atoms in total. The van der Waals surface area contributed by atoms with Crippen molar-refractivity contribution in [3.8, 4) is 28.0 Å². The molecule has 0 aliphatic carbocycles. The van der Waals surface area contributed by atoms with Gasteiger partial charge in [-0.25, -0.2) is 4.39 Å². The lowest BCUT2D eigenvalue weighted by molar-refractivity contribution is -0.117. The van der Waals surface area contributed by atoms with E-state index in [4.69, 9.17) is 16.2 Å². The molecule has 2 amide bonds. The number of pyridine rings is 1. The molecule has 0 atom stereocenters. The minimum Gasteiger partial charge on any atom is -0.496 e. The van der Waals surface area contributed by atoms with Crippen LogP contribution in [-0.4, -0.2) is 23.9 Å². The van der Waals surface area contributed by atoms with E-state index in [0.717, 1.165) is 27.8 Å². The summed E-state index contributed by atoms with van der Waals surface area (Å²) < 4.78 is 20.1. The van der Waals surface area contributed by atoms with Crippen molar-refractivity contribution in [1.29, 1.82) is 0 Å². The van der Waals surface area contributed by atoms with Crippen molar-refractivity contribution in [3.63, 3.8) is 0 Å². The average molecular weight is 513 g/mol. The van der Waals surface area contributed by atoms with E-state index in [1.165, 1.54) is 19.4 Å². The fourth-order valence-corrected chi connectivity index (χ4v) is 4.50. The zero-order valence-electron chi connectivity index (χ0n) is 21.5. The van der Waals surface area contributed by atoms with Gasteiger partial charge in [0.05, 0.1) is 13.5 Å². The van der Waals surface area contributed by atoms with Gasteiger partial charge in [0.2, 0.25) is 5.91 Å². The molecule has 0 aliphatic heterocycles. The minimum atomic E-state index is -0.465. The number of anilines is 1. The zero-order valence-corrected chi connectivity index (χ0v) is 21.5. The number of aromatic nitrogens is 1. The monoisotopic (exact) mass is 512 g/mol. The van der Waals surface area contributed by atoms with Crippen LogP contribution in [0.15, 0.2) is 66.9 Å². The highest BCUT2D eigenvalue weighted by atomic mass is 19.1. The number of primary amides is 1. The number of hydrogen-bond acceptors (Lipinski definition) is 5. The number of nitrogens with one attached hydrogen (secondary N) is 1.